The average molecular weight is 192 g/mol. The smallest absolute Gasteiger partial charge is 0.125 e. The van der Waals surface area contributed by atoms with E-state index < -0.39 is 0 Å². The normalized spacial score (nSPS) is 20.3. The van der Waals surface area contributed by atoms with Gasteiger partial charge in [0.1, 0.15) is 5.75 Å². The molecule has 1 heterocycles. The molecular weight excluding hydrogens is 176 g/mol. The lowest BCUT2D eigenvalue weighted by Crippen LogP contribution is -2.28. The second kappa shape index (κ2) is 3.50. The first-order chi connectivity index (χ1) is 6.72. The molecular formula is C11H16N2O. The average Bonchev–Trinajstić information content (AvgIpc) is 2.16. The molecule has 1 aliphatic rings. The Morgan fingerprint density at radius 1 is 1.50 bits per heavy atom. The molecule has 0 amide bonds. The van der Waals surface area contributed by atoms with Crippen molar-refractivity contribution in [3.8, 4) is 5.75 Å². The number of ether oxygens (including phenoxy) is 1. The Hall–Kier alpha value is -1.22. The van der Waals surface area contributed by atoms with Gasteiger partial charge < -0.3 is 15.8 Å². The lowest BCUT2D eigenvalue weighted by molar-refractivity contribution is 0.396. The number of hydrogen-bond donors (Lipinski definition) is 2. The molecule has 0 spiro atoms. The zero-order valence-electron chi connectivity index (χ0n) is 8.63. The Bertz CT molecular complexity index is 332. The third kappa shape index (κ3) is 1.44. The summed E-state index contributed by atoms with van der Waals surface area (Å²) in [4.78, 5) is 0. The molecule has 1 atom stereocenters. The minimum absolute atomic E-state index is 0.356. The van der Waals surface area contributed by atoms with E-state index >= 15 is 0 Å². The first kappa shape index (κ1) is 9.34. The minimum atomic E-state index is 0.356. The van der Waals surface area contributed by atoms with Gasteiger partial charge in [-0.1, -0.05) is 0 Å². The van der Waals surface area contributed by atoms with Gasteiger partial charge in [0.15, 0.2) is 0 Å². The number of nitrogen functional groups attached to an aromatic ring is 1. The molecule has 1 aromatic carbocycles. The quantitative estimate of drug-likeness (QED) is 0.663. The maximum atomic E-state index is 5.80. The number of anilines is 1. The Labute approximate surface area is 84.3 Å². The Morgan fingerprint density at radius 3 is 3.00 bits per heavy atom. The summed E-state index contributed by atoms with van der Waals surface area (Å²) in [6.07, 6.45) is 1.03. The summed E-state index contributed by atoms with van der Waals surface area (Å²) in [6, 6.07) is 4.30. The third-order valence-corrected chi connectivity index (χ3v) is 2.75. The van der Waals surface area contributed by atoms with Gasteiger partial charge in [0, 0.05) is 23.4 Å². The summed E-state index contributed by atoms with van der Waals surface area (Å²) >= 11 is 0. The van der Waals surface area contributed by atoms with E-state index in [0.29, 0.717) is 6.04 Å². The van der Waals surface area contributed by atoms with Crippen LogP contribution in [0.2, 0.25) is 0 Å². The number of nitrogens with two attached hydrogens (primary N) is 1. The number of rotatable bonds is 1. The van der Waals surface area contributed by atoms with Crippen molar-refractivity contribution in [1.29, 1.82) is 0 Å². The highest BCUT2D eigenvalue weighted by atomic mass is 16.5. The summed E-state index contributed by atoms with van der Waals surface area (Å²) in [7, 11) is 1.69. The van der Waals surface area contributed by atoms with E-state index in [-0.39, 0.29) is 0 Å². The summed E-state index contributed by atoms with van der Waals surface area (Å²) in [5.74, 6) is 0.903. The molecule has 1 unspecified atom stereocenters. The van der Waals surface area contributed by atoms with Gasteiger partial charge >= 0.3 is 0 Å². The number of hydrogen-bond acceptors (Lipinski definition) is 3. The predicted molar refractivity (Wildman–Crippen MR) is 57.5 cm³/mol. The monoisotopic (exact) mass is 192 g/mol. The van der Waals surface area contributed by atoms with E-state index in [2.05, 4.69) is 18.3 Å². The van der Waals surface area contributed by atoms with Crippen molar-refractivity contribution in [2.24, 2.45) is 0 Å². The van der Waals surface area contributed by atoms with Crippen molar-refractivity contribution in [1.82, 2.24) is 5.32 Å². The van der Waals surface area contributed by atoms with E-state index in [4.69, 9.17) is 10.5 Å². The van der Waals surface area contributed by atoms with Crippen LogP contribution in [0.4, 0.5) is 5.69 Å². The van der Waals surface area contributed by atoms with Gasteiger partial charge in [-0.25, -0.2) is 0 Å². The highest BCUT2D eigenvalue weighted by molar-refractivity contribution is 5.55. The maximum Gasteiger partial charge on any atom is 0.125 e. The lowest BCUT2D eigenvalue weighted by Gasteiger charge is -2.26. The standard InChI is InChI=1S/C11H16N2O/c1-7-11-8(3-4-13-7)5-9(12)6-10(11)14-2/h5-7,13H,3-4,12H2,1-2H3. The first-order valence-electron chi connectivity index (χ1n) is 4.92. The summed E-state index contributed by atoms with van der Waals surface area (Å²) in [5, 5.41) is 3.41. The molecule has 3 heteroatoms. The number of benzene rings is 1. The summed E-state index contributed by atoms with van der Waals surface area (Å²) in [6.45, 7) is 3.16. The molecule has 0 bridgehead atoms. The van der Waals surface area contributed by atoms with E-state index in [1.54, 1.807) is 7.11 Å². The highest BCUT2D eigenvalue weighted by Gasteiger charge is 2.20. The predicted octanol–water partition coefficient (Wildman–Crippen LogP) is 1.48. The first-order valence-corrected chi connectivity index (χ1v) is 4.92. The molecule has 1 aliphatic heterocycles. The minimum Gasteiger partial charge on any atom is -0.496 e. The molecule has 1 aromatic rings. The molecule has 0 aliphatic carbocycles. The topological polar surface area (TPSA) is 47.3 Å². The zero-order chi connectivity index (χ0) is 10.1. The van der Waals surface area contributed by atoms with Crippen LogP contribution in [0.15, 0.2) is 12.1 Å². The van der Waals surface area contributed by atoms with Crippen molar-refractivity contribution in [3.63, 3.8) is 0 Å². The van der Waals surface area contributed by atoms with E-state index in [0.717, 1.165) is 24.4 Å². The molecule has 0 fully saturated rings. The third-order valence-electron chi connectivity index (χ3n) is 2.75. The SMILES string of the molecule is COc1cc(N)cc2c1C(C)NCC2. The largest absolute Gasteiger partial charge is 0.496 e. The lowest BCUT2D eigenvalue weighted by atomic mass is 9.94. The summed E-state index contributed by atoms with van der Waals surface area (Å²) in [5.41, 5.74) is 9.16. The fourth-order valence-corrected chi connectivity index (χ4v) is 2.10. The zero-order valence-corrected chi connectivity index (χ0v) is 8.63. The van der Waals surface area contributed by atoms with Crippen LogP contribution in [-0.4, -0.2) is 13.7 Å². The van der Waals surface area contributed by atoms with Crippen LogP contribution in [0.3, 0.4) is 0 Å². The van der Waals surface area contributed by atoms with Crippen LogP contribution < -0.4 is 15.8 Å². The molecule has 2 rings (SSSR count). The van der Waals surface area contributed by atoms with Crippen molar-refractivity contribution in [3.05, 3.63) is 23.3 Å². The number of methoxy groups -OCH3 is 1. The van der Waals surface area contributed by atoms with Gasteiger partial charge in [-0.3, -0.25) is 0 Å². The molecule has 3 nitrogen and oxygen atoms in total. The van der Waals surface area contributed by atoms with Gasteiger partial charge in [-0.2, -0.15) is 0 Å². The molecule has 0 aromatic heterocycles. The molecule has 0 radical (unpaired) electrons. The molecule has 0 saturated carbocycles. The molecule has 0 saturated heterocycles. The van der Waals surface area contributed by atoms with Crippen LogP contribution in [-0.2, 0) is 6.42 Å². The van der Waals surface area contributed by atoms with Gasteiger partial charge in [-0.15, -0.1) is 0 Å². The summed E-state index contributed by atoms with van der Waals surface area (Å²) < 4.78 is 5.34. The molecule has 14 heavy (non-hydrogen) atoms. The molecule has 76 valence electrons. The van der Waals surface area contributed by atoms with Gasteiger partial charge in [0.05, 0.1) is 7.11 Å². The van der Waals surface area contributed by atoms with Gasteiger partial charge in [-0.05, 0) is 31.5 Å². The maximum absolute atomic E-state index is 5.80. The van der Waals surface area contributed by atoms with Crippen LogP contribution in [0.25, 0.3) is 0 Å². The van der Waals surface area contributed by atoms with Crippen molar-refractivity contribution < 1.29 is 4.74 Å². The van der Waals surface area contributed by atoms with Gasteiger partial charge in [0.2, 0.25) is 0 Å². The van der Waals surface area contributed by atoms with E-state index in [9.17, 15) is 0 Å². The van der Waals surface area contributed by atoms with Crippen molar-refractivity contribution in [2.75, 3.05) is 19.4 Å². The Morgan fingerprint density at radius 2 is 2.29 bits per heavy atom. The number of fused-ring (bicyclic) bond motifs is 1. The van der Waals surface area contributed by atoms with E-state index in [1.165, 1.54) is 11.1 Å². The molecule has 3 N–H and O–H groups in total. The van der Waals surface area contributed by atoms with Crippen LogP contribution in [0, 0.1) is 0 Å². The highest BCUT2D eigenvalue weighted by Crippen LogP contribution is 2.33. The fraction of sp³-hybridized carbons (Fsp3) is 0.455. The van der Waals surface area contributed by atoms with Crippen LogP contribution in [0.1, 0.15) is 24.1 Å². The van der Waals surface area contributed by atoms with E-state index in [1.807, 2.05) is 6.07 Å². The van der Waals surface area contributed by atoms with Crippen molar-refractivity contribution >= 4 is 5.69 Å². The van der Waals surface area contributed by atoms with Gasteiger partial charge in [0.25, 0.3) is 0 Å². The van der Waals surface area contributed by atoms with Crippen LogP contribution in [0.5, 0.6) is 5.75 Å². The van der Waals surface area contributed by atoms with Crippen LogP contribution >= 0.6 is 0 Å². The fourth-order valence-electron chi connectivity index (χ4n) is 2.10. The second-order valence-corrected chi connectivity index (χ2v) is 3.72. The second-order valence-electron chi connectivity index (χ2n) is 3.72. The number of nitrogens with one attached hydrogen (secondary N) is 1. The Kier molecular flexibility index (Phi) is 2.33. The Balaban J connectivity index is 2.55. The van der Waals surface area contributed by atoms with Crippen molar-refractivity contribution in [2.45, 2.75) is 19.4 Å².